The summed E-state index contributed by atoms with van der Waals surface area (Å²) in [5.41, 5.74) is 6.19. The molecule has 0 atom stereocenters. The normalized spacial score (nSPS) is 23.1. The largest absolute Gasteiger partial charge is 0.371 e. The number of nitro groups is 1. The Bertz CT molecular complexity index is 473. The lowest BCUT2D eigenvalue weighted by atomic mass is 9.91. The Morgan fingerprint density at radius 1 is 1.32 bits per heavy atom. The molecular formula is C13H18FN3O2. The molecule has 0 aliphatic heterocycles. The molecule has 1 aromatic rings. The Kier molecular flexibility index (Phi) is 3.99. The predicted octanol–water partition coefficient (Wildman–Crippen LogP) is 2.44. The minimum Gasteiger partial charge on any atom is -0.371 e. The standard InChI is InChI=1S/C13H18FN3O2/c1-16(11-4-2-10(15)3-5-11)12-6-9(14)7-13(8-12)17(18)19/h6-8,10-11H,2-5,15H2,1H3. The van der Waals surface area contributed by atoms with Gasteiger partial charge in [-0.2, -0.15) is 0 Å². The number of non-ortho nitro benzene ring substituents is 1. The van der Waals surface area contributed by atoms with Crippen LogP contribution in [-0.2, 0) is 0 Å². The van der Waals surface area contributed by atoms with Gasteiger partial charge in [-0.05, 0) is 31.7 Å². The highest BCUT2D eigenvalue weighted by atomic mass is 19.1. The van der Waals surface area contributed by atoms with Gasteiger partial charge in [0.2, 0.25) is 0 Å². The summed E-state index contributed by atoms with van der Waals surface area (Å²) in [5.74, 6) is -0.580. The van der Waals surface area contributed by atoms with Gasteiger partial charge >= 0.3 is 0 Å². The Balaban J connectivity index is 2.18. The maximum Gasteiger partial charge on any atom is 0.274 e. The zero-order valence-corrected chi connectivity index (χ0v) is 10.9. The van der Waals surface area contributed by atoms with Gasteiger partial charge in [0.15, 0.2) is 0 Å². The summed E-state index contributed by atoms with van der Waals surface area (Å²) in [6.45, 7) is 0. The van der Waals surface area contributed by atoms with Crippen molar-refractivity contribution >= 4 is 11.4 Å². The van der Waals surface area contributed by atoms with Crippen LogP contribution in [-0.4, -0.2) is 24.1 Å². The van der Waals surface area contributed by atoms with Crippen molar-refractivity contribution < 1.29 is 9.31 Å². The van der Waals surface area contributed by atoms with E-state index in [1.807, 2.05) is 11.9 Å². The maximum absolute atomic E-state index is 13.4. The van der Waals surface area contributed by atoms with Crippen LogP contribution in [0.25, 0.3) is 0 Å². The molecule has 2 rings (SSSR count). The van der Waals surface area contributed by atoms with Crippen LogP contribution in [0.2, 0.25) is 0 Å². The van der Waals surface area contributed by atoms with Crippen molar-refractivity contribution in [3.05, 3.63) is 34.1 Å². The lowest BCUT2D eigenvalue weighted by Gasteiger charge is -2.34. The summed E-state index contributed by atoms with van der Waals surface area (Å²) >= 11 is 0. The average molecular weight is 267 g/mol. The van der Waals surface area contributed by atoms with Crippen LogP contribution in [0, 0.1) is 15.9 Å². The number of nitrogens with two attached hydrogens (primary N) is 1. The average Bonchev–Trinajstić information content (AvgIpc) is 2.38. The Labute approximate surface area is 111 Å². The summed E-state index contributed by atoms with van der Waals surface area (Å²) in [6.07, 6.45) is 3.74. The van der Waals surface area contributed by atoms with Crippen LogP contribution in [0.15, 0.2) is 18.2 Å². The van der Waals surface area contributed by atoms with Gasteiger partial charge in [-0.25, -0.2) is 4.39 Å². The molecule has 1 fully saturated rings. The molecule has 19 heavy (non-hydrogen) atoms. The number of halogens is 1. The molecule has 1 aliphatic rings. The van der Waals surface area contributed by atoms with Crippen molar-refractivity contribution in [3.8, 4) is 0 Å². The van der Waals surface area contributed by atoms with Crippen LogP contribution in [0.4, 0.5) is 15.8 Å². The fourth-order valence-corrected chi connectivity index (χ4v) is 2.57. The second kappa shape index (κ2) is 5.52. The van der Waals surface area contributed by atoms with Gasteiger partial charge in [0.25, 0.3) is 5.69 Å². The summed E-state index contributed by atoms with van der Waals surface area (Å²) in [7, 11) is 1.85. The molecule has 0 aromatic heterocycles. The first-order chi connectivity index (χ1) is 8.97. The maximum atomic E-state index is 13.4. The van der Waals surface area contributed by atoms with Gasteiger partial charge in [-0.3, -0.25) is 10.1 Å². The van der Waals surface area contributed by atoms with Crippen molar-refractivity contribution in [3.63, 3.8) is 0 Å². The second-order valence-corrected chi connectivity index (χ2v) is 5.10. The van der Waals surface area contributed by atoms with E-state index in [9.17, 15) is 14.5 Å². The van der Waals surface area contributed by atoms with Gasteiger partial charge < -0.3 is 10.6 Å². The Morgan fingerprint density at radius 2 is 1.95 bits per heavy atom. The van der Waals surface area contributed by atoms with Gasteiger partial charge in [0.05, 0.1) is 11.0 Å². The van der Waals surface area contributed by atoms with Gasteiger partial charge in [-0.15, -0.1) is 0 Å². The number of nitrogens with zero attached hydrogens (tertiary/aromatic N) is 2. The number of rotatable bonds is 3. The molecule has 1 aliphatic carbocycles. The van der Waals surface area contributed by atoms with E-state index >= 15 is 0 Å². The molecule has 6 heteroatoms. The smallest absolute Gasteiger partial charge is 0.274 e. The first-order valence-electron chi connectivity index (χ1n) is 6.41. The molecule has 0 bridgehead atoms. The first-order valence-corrected chi connectivity index (χ1v) is 6.41. The van der Waals surface area contributed by atoms with E-state index in [-0.39, 0.29) is 17.8 Å². The highest BCUT2D eigenvalue weighted by Gasteiger charge is 2.23. The van der Waals surface area contributed by atoms with E-state index in [0.717, 1.165) is 31.7 Å². The van der Waals surface area contributed by atoms with Gasteiger partial charge in [0, 0.05) is 30.9 Å². The topological polar surface area (TPSA) is 72.4 Å². The van der Waals surface area contributed by atoms with Crippen molar-refractivity contribution in [2.45, 2.75) is 37.8 Å². The van der Waals surface area contributed by atoms with Crippen LogP contribution in [0.3, 0.4) is 0 Å². The van der Waals surface area contributed by atoms with Crippen molar-refractivity contribution in [2.24, 2.45) is 5.73 Å². The van der Waals surface area contributed by atoms with E-state index in [1.165, 1.54) is 12.1 Å². The van der Waals surface area contributed by atoms with E-state index in [2.05, 4.69) is 0 Å². The third kappa shape index (κ3) is 3.20. The zero-order valence-electron chi connectivity index (χ0n) is 10.9. The summed E-state index contributed by atoms with van der Waals surface area (Å²) in [4.78, 5) is 12.1. The molecule has 2 N–H and O–H groups in total. The lowest BCUT2D eigenvalue weighted by Crippen LogP contribution is -2.38. The van der Waals surface area contributed by atoms with Crippen molar-refractivity contribution in [1.82, 2.24) is 0 Å². The van der Waals surface area contributed by atoms with Crippen LogP contribution < -0.4 is 10.6 Å². The summed E-state index contributed by atoms with van der Waals surface area (Å²) in [5, 5.41) is 10.8. The molecule has 1 saturated carbocycles. The molecule has 0 radical (unpaired) electrons. The number of hydrogen-bond donors (Lipinski definition) is 1. The molecule has 104 valence electrons. The van der Waals surface area contributed by atoms with Gasteiger partial charge in [-0.1, -0.05) is 0 Å². The zero-order chi connectivity index (χ0) is 14.0. The van der Waals surface area contributed by atoms with E-state index < -0.39 is 10.7 Å². The molecule has 1 aromatic carbocycles. The van der Waals surface area contributed by atoms with Crippen LogP contribution >= 0.6 is 0 Å². The third-order valence-corrected chi connectivity index (χ3v) is 3.77. The number of hydrogen-bond acceptors (Lipinski definition) is 4. The summed E-state index contributed by atoms with van der Waals surface area (Å²) in [6, 6.07) is 4.19. The molecule has 0 amide bonds. The molecule has 0 heterocycles. The Morgan fingerprint density at radius 3 is 2.53 bits per heavy atom. The molecule has 0 unspecified atom stereocenters. The Hall–Kier alpha value is -1.69. The fourth-order valence-electron chi connectivity index (χ4n) is 2.57. The number of nitro benzene ring substituents is 1. The quantitative estimate of drug-likeness (QED) is 0.674. The lowest BCUT2D eigenvalue weighted by molar-refractivity contribution is -0.385. The van der Waals surface area contributed by atoms with Gasteiger partial charge in [0.1, 0.15) is 5.82 Å². The van der Waals surface area contributed by atoms with E-state index in [4.69, 9.17) is 5.73 Å². The minimum atomic E-state index is -0.580. The van der Waals surface area contributed by atoms with E-state index in [0.29, 0.717) is 5.69 Å². The molecular weight excluding hydrogens is 249 g/mol. The monoisotopic (exact) mass is 267 g/mol. The number of benzene rings is 1. The highest BCUT2D eigenvalue weighted by molar-refractivity contribution is 5.53. The summed E-state index contributed by atoms with van der Waals surface area (Å²) < 4.78 is 13.4. The van der Waals surface area contributed by atoms with Crippen LogP contribution in [0.5, 0.6) is 0 Å². The minimum absolute atomic E-state index is 0.214. The van der Waals surface area contributed by atoms with Crippen LogP contribution in [0.1, 0.15) is 25.7 Å². The third-order valence-electron chi connectivity index (χ3n) is 3.77. The van der Waals surface area contributed by atoms with Crippen molar-refractivity contribution in [2.75, 3.05) is 11.9 Å². The van der Waals surface area contributed by atoms with E-state index in [1.54, 1.807) is 0 Å². The van der Waals surface area contributed by atoms with Crippen molar-refractivity contribution in [1.29, 1.82) is 0 Å². The second-order valence-electron chi connectivity index (χ2n) is 5.10. The number of anilines is 1. The highest BCUT2D eigenvalue weighted by Crippen LogP contribution is 2.28. The molecule has 0 saturated heterocycles. The fraction of sp³-hybridized carbons (Fsp3) is 0.538. The SMILES string of the molecule is CN(c1cc(F)cc([N+](=O)[O-])c1)C1CCC(N)CC1. The molecule has 5 nitrogen and oxygen atoms in total. The first kappa shape index (κ1) is 13.7. The predicted molar refractivity (Wildman–Crippen MR) is 71.7 cm³/mol. The molecule has 0 spiro atoms.